The highest BCUT2D eigenvalue weighted by atomic mass is 15.3. The van der Waals surface area contributed by atoms with Gasteiger partial charge in [0.2, 0.25) is 0 Å². The molecule has 0 saturated heterocycles. The molecular formula is C35H36N4. The Balaban J connectivity index is 1.60. The van der Waals surface area contributed by atoms with Crippen molar-refractivity contribution in [2.45, 2.75) is 58.8 Å². The molecule has 0 N–H and O–H groups in total. The molecule has 0 atom stereocenters. The monoisotopic (exact) mass is 512 g/mol. The standard InChI is InChI=1S/C35H36N4/c1-5-19-35(20-6-2,34-16-9-10-21-36-34)27-12-11-13-28(23-27)38-32-15-8-7-14-30(32)31-18-17-29(24-33(31)38)39-26(4)22-25(3)37-39/h7-18,21-24H,5-6,19-20H2,1-4H3. The molecule has 0 spiro atoms. The highest BCUT2D eigenvalue weighted by molar-refractivity contribution is 6.09. The van der Waals surface area contributed by atoms with Crippen LogP contribution >= 0.6 is 0 Å². The van der Waals surface area contributed by atoms with Crippen molar-refractivity contribution < 1.29 is 0 Å². The summed E-state index contributed by atoms with van der Waals surface area (Å²) in [7, 11) is 0. The quantitative estimate of drug-likeness (QED) is 0.204. The Hall–Kier alpha value is -4.18. The molecule has 6 aromatic rings. The molecule has 0 aliphatic heterocycles. The molecule has 0 aliphatic carbocycles. The van der Waals surface area contributed by atoms with Gasteiger partial charge in [0.25, 0.3) is 0 Å². The van der Waals surface area contributed by atoms with Gasteiger partial charge in [0.1, 0.15) is 0 Å². The van der Waals surface area contributed by atoms with Crippen LogP contribution in [0.3, 0.4) is 0 Å². The fraction of sp³-hybridized carbons (Fsp3) is 0.257. The lowest BCUT2D eigenvalue weighted by Crippen LogP contribution is -2.29. The van der Waals surface area contributed by atoms with Crippen LogP contribution < -0.4 is 0 Å². The maximum Gasteiger partial charge on any atom is 0.0670 e. The van der Waals surface area contributed by atoms with Crippen molar-refractivity contribution in [1.29, 1.82) is 0 Å². The first-order chi connectivity index (χ1) is 19.1. The number of hydrogen-bond donors (Lipinski definition) is 0. The molecule has 0 fully saturated rings. The summed E-state index contributed by atoms with van der Waals surface area (Å²) in [5, 5.41) is 7.27. The van der Waals surface area contributed by atoms with E-state index in [2.05, 4.69) is 110 Å². The SMILES string of the molecule is CCCC(CCC)(c1cccc(-n2c3ccccc3c3ccc(-n4nc(C)cc4C)cc32)c1)c1ccccn1. The molecule has 4 nitrogen and oxygen atoms in total. The minimum absolute atomic E-state index is 0.117. The Morgan fingerprint density at radius 2 is 1.46 bits per heavy atom. The van der Waals surface area contributed by atoms with E-state index in [-0.39, 0.29) is 5.41 Å². The van der Waals surface area contributed by atoms with E-state index in [9.17, 15) is 0 Å². The molecule has 3 aromatic carbocycles. The first-order valence-electron chi connectivity index (χ1n) is 14.1. The Morgan fingerprint density at radius 1 is 0.692 bits per heavy atom. The molecule has 3 heterocycles. The second kappa shape index (κ2) is 10.2. The third kappa shape index (κ3) is 4.24. The number of para-hydroxylation sites is 1. The lowest BCUT2D eigenvalue weighted by atomic mass is 9.70. The molecule has 196 valence electrons. The number of fused-ring (bicyclic) bond motifs is 3. The van der Waals surface area contributed by atoms with E-state index >= 15 is 0 Å². The number of hydrogen-bond acceptors (Lipinski definition) is 2. The normalized spacial score (nSPS) is 12.0. The number of rotatable bonds is 8. The van der Waals surface area contributed by atoms with Gasteiger partial charge < -0.3 is 4.57 Å². The molecule has 0 amide bonds. The smallest absolute Gasteiger partial charge is 0.0670 e. The van der Waals surface area contributed by atoms with Gasteiger partial charge in [-0.05, 0) is 80.8 Å². The van der Waals surface area contributed by atoms with Crippen LogP contribution in [-0.4, -0.2) is 19.3 Å². The summed E-state index contributed by atoms with van der Waals surface area (Å²) in [6, 6.07) is 33.1. The second-order valence-corrected chi connectivity index (χ2v) is 10.7. The van der Waals surface area contributed by atoms with Gasteiger partial charge in [-0.25, -0.2) is 4.68 Å². The van der Waals surface area contributed by atoms with Crippen molar-refractivity contribution in [2.75, 3.05) is 0 Å². The third-order valence-electron chi connectivity index (χ3n) is 8.08. The summed E-state index contributed by atoms with van der Waals surface area (Å²) in [5.41, 5.74) is 9.20. The summed E-state index contributed by atoms with van der Waals surface area (Å²) in [6.45, 7) is 8.72. The zero-order valence-electron chi connectivity index (χ0n) is 23.4. The summed E-state index contributed by atoms with van der Waals surface area (Å²) < 4.78 is 4.46. The van der Waals surface area contributed by atoms with E-state index in [1.54, 1.807) is 0 Å². The van der Waals surface area contributed by atoms with Crippen LogP contribution in [-0.2, 0) is 5.41 Å². The zero-order chi connectivity index (χ0) is 27.0. The fourth-order valence-corrected chi connectivity index (χ4v) is 6.52. The van der Waals surface area contributed by atoms with Crippen LogP contribution in [0.2, 0.25) is 0 Å². The second-order valence-electron chi connectivity index (χ2n) is 10.7. The molecule has 0 unspecified atom stereocenters. The maximum atomic E-state index is 4.90. The number of aryl methyl sites for hydroxylation is 2. The van der Waals surface area contributed by atoms with E-state index < -0.39 is 0 Å². The molecule has 0 radical (unpaired) electrons. The predicted octanol–water partition coefficient (Wildman–Crippen LogP) is 8.87. The summed E-state index contributed by atoms with van der Waals surface area (Å²) in [6.07, 6.45) is 6.27. The van der Waals surface area contributed by atoms with Crippen LogP contribution in [0, 0.1) is 13.8 Å². The number of benzene rings is 3. The van der Waals surface area contributed by atoms with Crippen molar-refractivity contribution in [3.05, 3.63) is 120 Å². The van der Waals surface area contributed by atoms with Gasteiger partial charge in [0, 0.05) is 33.8 Å². The van der Waals surface area contributed by atoms with Crippen molar-refractivity contribution in [1.82, 2.24) is 19.3 Å². The van der Waals surface area contributed by atoms with E-state index in [1.807, 2.05) is 23.9 Å². The van der Waals surface area contributed by atoms with Gasteiger partial charge in [-0.15, -0.1) is 0 Å². The van der Waals surface area contributed by atoms with E-state index in [0.29, 0.717) is 0 Å². The van der Waals surface area contributed by atoms with Crippen LogP contribution in [0.5, 0.6) is 0 Å². The predicted molar refractivity (Wildman–Crippen MR) is 162 cm³/mol. The fourth-order valence-electron chi connectivity index (χ4n) is 6.52. The summed E-state index contributed by atoms with van der Waals surface area (Å²) >= 11 is 0. The average molecular weight is 513 g/mol. The Kier molecular flexibility index (Phi) is 6.56. The van der Waals surface area contributed by atoms with Gasteiger partial charge in [-0.2, -0.15) is 5.10 Å². The third-order valence-corrected chi connectivity index (χ3v) is 8.08. The topological polar surface area (TPSA) is 35.6 Å². The maximum absolute atomic E-state index is 4.90. The highest BCUT2D eigenvalue weighted by Crippen LogP contribution is 2.41. The van der Waals surface area contributed by atoms with Crippen LogP contribution in [0.25, 0.3) is 33.2 Å². The average Bonchev–Trinajstić information content (AvgIpc) is 3.48. The van der Waals surface area contributed by atoms with Gasteiger partial charge >= 0.3 is 0 Å². The van der Waals surface area contributed by atoms with Crippen LogP contribution in [0.1, 0.15) is 62.2 Å². The van der Waals surface area contributed by atoms with Crippen molar-refractivity contribution in [3.8, 4) is 11.4 Å². The van der Waals surface area contributed by atoms with Crippen molar-refractivity contribution in [2.24, 2.45) is 0 Å². The first kappa shape index (κ1) is 25.1. The van der Waals surface area contributed by atoms with Gasteiger partial charge in [-0.3, -0.25) is 4.98 Å². The van der Waals surface area contributed by atoms with Gasteiger partial charge in [0.05, 0.1) is 28.1 Å². The Bertz CT molecular complexity index is 1750. The summed E-state index contributed by atoms with van der Waals surface area (Å²) in [4.78, 5) is 4.90. The van der Waals surface area contributed by atoms with Crippen LogP contribution in [0.4, 0.5) is 0 Å². The number of pyridine rings is 1. The lowest BCUT2D eigenvalue weighted by molar-refractivity contribution is 0.415. The molecule has 39 heavy (non-hydrogen) atoms. The minimum Gasteiger partial charge on any atom is -0.309 e. The molecule has 6 rings (SSSR count). The molecule has 0 bridgehead atoms. The largest absolute Gasteiger partial charge is 0.309 e. The van der Waals surface area contributed by atoms with E-state index in [0.717, 1.165) is 42.8 Å². The van der Waals surface area contributed by atoms with Crippen molar-refractivity contribution in [3.63, 3.8) is 0 Å². The highest BCUT2D eigenvalue weighted by Gasteiger charge is 2.34. The summed E-state index contributed by atoms with van der Waals surface area (Å²) in [5.74, 6) is 0. The minimum atomic E-state index is -0.117. The Morgan fingerprint density at radius 3 is 2.18 bits per heavy atom. The van der Waals surface area contributed by atoms with Gasteiger partial charge in [0.15, 0.2) is 0 Å². The molecule has 0 saturated carbocycles. The number of aromatic nitrogens is 4. The first-order valence-corrected chi connectivity index (χ1v) is 14.1. The zero-order valence-corrected chi connectivity index (χ0v) is 23.4. The number of nitrogens with zero attached hydrogens (tertiary/aromatic N) is 4. The lowest BCUT2D eigenvalue weighted by Gasteiger charge is -2.34. The van der Waals surface area contributed by atoms with Crippen molar-refractivity contribution >= 4 is 21.8 Å². The van der Waals surface area contributed by atoms with Gasteiger partial charge in [-0.1, -0.05) is 69.2 Å². The Labute approximate surface area is 230 Å². The molecule has 4 heteroatoms. The molecule has 0 aliphatic rings. The molecule has 3 aromatic heterocycles. The van der Waals surface area contributed by atoms with Crippen LogP contribution in [0.15, 0.2) is 97.2 Å². The molecular weight excluding hydrogens is 476 g/mol. The van der Waals surface area contributed by atoms with E-state index in [1.165, 1.54) is 38.8 Å². The van der Waals surface area contributed by atoms with E-state index in [4.69, 9.17) is 10.1 Å².